The Morgan fingerprint density at radius 2 is 2.16 bits per heavy atom. The van der Waals surface area contributed by atoms with Crippen LogP contribution in [-0.2, 0) is 6.54 Å². The molecule has 0 saturated carbocycles. The van der Waals surface area contributed by atoms with Crippen LogP contribution in [0, 0.1) is 12.8 Å². The van der Waals surface area contributed by atoms with Crippen molar-refractivity contribution in [2.75, 3.05) is 6.54 Å². The van der Waals surface area contributed by atoms with Gasteiger partial charge in [-0.05, 0) is 30.9 Å². The van der Waals surface area contributed by atoms with Gasteiger partial charge >= 0.3 is 6.03 Å². The summed E-state index contributed by atoms with van der Waals surface area (Å²) in [6.07, 6.45) is 1.90. The third-order valence-corrected chi connectivity index (χ3v) is 3.03. The zero-order valence-electron chi connectivity index (χ0n) is 11.8. The Hall–Kier alpha value is -1.62. The van der Waals surface area contributed by atoms with E-state index in [0.717, 1.165) is 11.3 Å². The number of aliphatic hydroxyl groups excluding tert-OH is 1. The van der Waals surface area contributed by atoms with E-state index < -0.39 is 0 Å². The third kappa shape index (κ3) is 5.70. The first kappa shape index (κ1) is 15.4. The fraction of sp³-hybridized carbons (Fsp3) is 0.571. The lowest BCUT2D eigenvalue weighted by Gasteiger charge is -2.14. The molecule has 5 heteroatoms. The van der Waals surface area contributed by atoms with Gasteiger partial charge in [0, 0.05) is 12.7 Å². The minimum absolute atomic E-state index is 0.209. The first-order valence-corrected chi connectivity index (χ1v) is 6.61. The summed E-state index contributed by atoms with van der Waals surface area (Å²) in [5, 5.41) is 15.1. The standard InChI is InChI=1S/C14H23N3O2/c1-10(2)13(18)6-8-16-14(19)17-9-12-11(3)5-4-7-15-12/h4-5,7,10,13,18H,6,8-9H2,1-3H3,(H2,16,17,19). The topological polar surface area (TPSA) is 74.2 Å². The van der Waals surface area contributed by atoms with Gasteiger partial charge < -0.3 is 15.7 Å². The van der Waals surface area contributed by atoms with Gasteiger partial charge in [0.1, 0.15) is 0 Å². The molecule has 5 nitrogen and oxygen atoms in total. The Kier molecular flexibility index (Phi) is 6.29. The summed E-state index contributed by atoms with van der Waals surface area (Å²) < 4.78 is 0. The van der Waals surface area contributed by atoms with Crippen LogP contribution in [-0.4, -0.2) is 28.8 Å². The highest BCUT2D eigenvalue weighted by molar-refractivity contribution is 5.73. The highest BCUT2D eigenvalue weighted by atomic mass is 16.3. The Bertz CT molecular complexity index is 407. The summed E-state index contributed by atoms with van der Waals surface area (Å²) in [5.41, 5.74) is 1.91. The van der Waals surface area contributed by atoms with Crippen molar-refractivity contribution in [1.82, 2.24) is 15.6 Å². The molecule has 1 unspecified atom stereocenters. The second-order valence-electron chi connectivity index (χ2n) is 4.98. The van der Waals surface area contributed by atoms with Gasteiger partial charge in [-0.2, -0.15) is 0 Å². The van der Waals surface area contributed by atoms with E-state index in [-0.39, 0.29) is 18.1 Å². The molecule has 1 atom stereocenters. The van der Waals surface area contributed by atoms with Crippen molar-refractivity contribution in [2.45, 2.75) is 39.8 Å². The lowest BCUT2D eigenvalue weighted by atomic mass is 10.0. The van der Waals surface area contributed by atoms with Gasteiger partial charge in [0.05, 0.1) is 18.3 Å². The number of hydrogen-bond donors (Lipinski definition) is 3. The lowest BCUT2D eigenvalue weighted by molar-refractivity contribution is 0.116. The summed E-state index contributed by atoms with van der Waals surface area (Å²) in [4.78, 5) is 15.7. The Morgan fingerprint density at radius 1 is 1.42 bits per heavy atom. The Balaban J connectivity index is 2.24. The molecule has 0 aliphatic rings. The van der Waals surface area contributed by atoms with E-state index in [0.29, 0.717) is 19.5 Å². The van der Waals surface area contributed by atoms with E-state index >= 15 is 0 Å². The van der Waals surface area contributed by atoms with Gasteiger partial charge in [-0.25, -0.2) is 4.79 Å². The molecule has 2 amide bonds. The minimum atomic E-state index is -0.377. The van der Waals surface area contributed by atoms with Gasteiger partial charge in [-0.3, -0.25) is 4.98 Å². The van der Waals surface area contributed by atoms with Crippen LogP contribution in [0.1, 0.15) is 31.5 Å². The number of aryl methyl sites for hydroxylation is 1. The quantitative estimate of drug-likeness (QED) is 0.731. The maximum atomic E-state index is 11.5. The van der Waals surface area contributed by atoms with Crippen LogP contribution in [0.4, 0.5) is 4.79 Å². The average molecular weight is 265 g/mol. The minimum Gasteiger partial charge on any atom is -0.393 e. The number of aliphatic hydroxyl groups is 1. The predicted octanol–water partition coefficient (Wildman–Crippen LogP) is 1.60. The summed E-state index contributed by atoms with van der Waals surface area (Å²) in [6, 6.07) is 3.59. The molecule has 0 bridgehead atoms. The molecule has 1 heterocycles. The molecule has 0 radical (unpaired) electrons. The maximum Gasteiger partial charge on any atom is 0.315 e. The second-order valence-corrected chi connectivity index (χ2v) is 4.98. The fourth-order valence-corrected chi connectivity index (χ4v) is 1.60. The molecule has 0 saturated heterocycles. The summed E-state index contributed by atoms with van der Waals surface area (Å²) in [7, 11) is 0. The van der Waals surface area contributed by atoms with Crippen LogP contribution in [0.5, 0.6) is 0 Å². The zero-order valence-corrected chi connectivity index (χ0v) is 11.8. The van der Waals surface area contributed by atoms with E-state index in [2.05, 4.69) is 15.6 Å². The van der Waals surface area contributed by atoms with Crippen molar-refractivity contribution in [3.63, 3.8) is 0 Å². The molecule has 3 N–H and O–H groups in total. The molecule has 0 aliphatic heterocycles. The van der Waals surface area contributed by atoms with E-state index in [4.69, 9.17) is 0 Å². The van der Waals surface area contributed by atoms with Gasteiger partial charge in [0.15, 0.2) is 0 Å². The number of rotatable bonds is 6. The molecule has 0 spiro atoms. The predicted molar refractivity (Wildman–Crippen MR) is 74.7 cm³/mol. The summed E-state index contributed by atoms with van der Waals surface area (Å²) in [5.74, 6) is 0.209. The lowest BCUT2D eigenvalue weighted by Crippen LogP contribution is -2.37. The largest absolute Gasteiger partial charge is 0.393 e. The van der Waals surface area contributed by atoms with Crippen LogP contribution in [0.15, 0.2) is 18.3 Å². The molecule has 0 fully saturated rings. The van der Waals surface area contributed by atoms with Crippen molar-refractivity contribution < 1.29 is 9.90 Å². The van der Waals surface area contributed by atoms with Crippen LogP contribution < -0.4 is 10.6 Å². The number of urea groups is 1. The Labute approximate surface area is 114 Å². The van der Waals surface area contributed by atoms with Crippen molar-refractivity contribution in [1.29, 1.82) is 0 Å². The maximum absolute atomic E-state index is 11.5. The van der Waals surface area contributed by atoms with Crippen LogP contribution in [0.3, 0.4) is 0 Å². The summed E-state index contributed by atoms with van der Waals surface area (Å²) >= 11 is 0. The molecule has 0 aromatic carbocycles. The monoisotopic (exact) mass is 265 g/mol. The number of aromatic nitrogens is 1. The van der Waals surface area contributed by atoms with Crippen LogP contribution in [0.25, 0.3) is 0 Å². The molecular formula is C14H23N3O2. The van der Waals surface area contributed by atoms with Gasteiger partial charge in [-0.1, -0.05) is 19.9 Å². The number of carbonyl (C=O) groups excluding carboxylic acids is 1. The molecular weight excluding hydrogens is 242 g/mol. The normalized spacial score (nSPS) is 12.3. The number of pyridine rings is 1. The fourth-order valence-electron chi connectivity index (χ4n) is 1.60. The van der Waals surface area contributed by atoms with E-state index in [1.807, 2.05) is 32.9 Å². The van der Waals surface area contributed by atoms with E-state index in [1.165, 1.54) is 0 Å². The second kappa shape index (κ2) is 7.74. The third-order valence-electron chi connectivity index (χ3n) is 3.03. The van der Waals surface area contributed by atoms with Gasteiger partial charge in [0.25, 0.3) is 0 Å². The SMILES string of the molecule is Cc1cccnc1CNC(=O)NCCC(O)C(C)C. The number of hydrogen-bond acceptors (Lipinski definition) is 3. The molecule has 1 rings (SSSR count). The molecule has 0 aliphatic carbocycles. The molecule has 1 aromatic heterocycles. The van der Waals surface area contributed by atoms with Gasteiger partial charge in [-0.15, -0.1) is 0 Å². The smallest absolute Gasteiger partial charge is 0.315 e. The highest BCUT2D eigenvalue weighted by Gasteiger charge is 2.09. The first-order chi connectivity index (χ1) is 9.00. The van der Waals surface area contributed by atoms with Crippen molar-refractivity contribution in [3.05, 3.63) is 29.6 Å². The Morgan fingerprint density at radius 3 is 2.79 bits per heavy atom. The number of amides is 2. The first-order valence-electron chi connectivity index (χ1n) is 6.61. The molecule has 106 valence electrons. The van der Waals surface area contributed by atoms with Crippen molar-refractivity contribution in [3.8, 4) is 0 Å². The van der Waals surface area contributed by atoms with Crippen LogP contribution >= 0.6 is 0 Å². The molecule has 1 aromatic rings. The van der Waals surface area contributed by atoms with Gasteiger partial charge in [0.2, 0.25) is 0 Å². The summed E-state index contributed by atoms with van der Waals surface area (Å²) in [6.45, 7) is 6.74. The van der Waals surface area contributed by atoms with E-state index in [9.17, 15) is 9.90 Å². The number of nitrogens with one attached hydrogen (secondary N) is 2. The van der Waals surface area contributed by atoms with Crippen molar-refractivity contribution in [2.24, 2.45) is 5.92 Å². The number of nitrogens with zero attached hydrogens (tertiary/aromatic N) is 1. The zero-order chi connectivity index (χ0) is 14.3. The van der Waals surface area contributed by atoms with Crippen LogP contribution in [0.2, 0.25) is 0 Å². The average Bonchev–Trinajstić information content (AvgIpc) is 2.37. The highest BCUT2D eigenvalue weighted by Crippen LogP contribution is 2.04. The van der Waals surface area contributed by atoms with E-state index in [1.54, 1.807) is 6.20 Å². The molecule has 19 heavy (non-hydrogen) atoms. The number of carbonyl (C=O) groups is 1. The van der Waals surface area contributed by atoms with Crippen molar-refractivity contribution >= 4 is 6.03 Å².